The van der Waals surface area contributed by atoms with Crippen LogP contribution in [0.4, 0.5) is 0 Å². The maximum absolute atomic E-state index is 12.4. The Morgan fingerprint density at radius 1 is 1.04 bits per heavy atom. The van der Waals surface area contributed by atoms with E-state index in [1.807, 2.05) is 62.4 Å². The van der Waals surface area contributed by atoms with E-state index in [2.05, 4.69) is 0 Å². The van der Waals surface area contributed by atoms with Gasteiger partial charge in [-0.25, -0.2) is 0 Å². The fourth-order valence-electron chi connectivity index (χ4n) is 2.43. The lowest BCUT2D eigenvalue weighted by atomic mass is 10.1. The van der Waals surface area contributed by atoms with Gasteiger partial charge in [-0.05, 0) is 49.1 Å². The number of nitrogens with zero attached hydrogens (tertiary/aromatic N) is 1. The number of carbonyl (C=O) groups is 1. The van der Waals surface area contributed by atoms with Crippen LogP contribution in [0.5, 0.6) is 5.75 Å². The Hall–Kier alpha value is -2.33. The number of aryl methyl sites for hydroxylation is 2. The number of hydrogen-bond acceptors (Lipinski definition) is 3. The molecule has 0 atom stereocenters. The van der Waals surface area contributed by atoms with Crippen LogP contribution in [-0.4, -0.2) is 42.2 Å². The number of ether oxygens (including phenoxy) is 1. The van der Waals surface area contributed by atoms with Crippen LogP contribution in [0.2, 0.25) is 0 Å². The molecule has 0 heterocycles. The first-order valence-corrected chi connectivity index (χ1v) is 8.23. The minimum absolute atomic E-state index is 0.0166. The quantitative estimate of drug-likeness (QED) is 0.811. The highest BCUT2D eigenvalue weighted by atomic mass is 16.5. The van der Waals surface area contributed by atoms with E-state index in [0.29, 0.717) is 18.8 Å². The molecule has 2 rings (SSSR count). The zero-order valence-electron chi connectivity index (χ0n) is 14.4. The van der Waals surface area contributed by atoms with Gasteiger partial charge < -0.3 is 14.7 Å². The van der Waals surface area contributed by atoms with Crippen molar-refractivity contribution in [2.75, 3.05) is 26.3 Å². The molecule has 24 heavy (non-hydrogen) atoms. The summed E-state index contributed by atoms with van der Waals surface area (Å²) in [6, 6.07) is 15.8. The average molecular weight is 327 g/mol. The summed E-state index contributed by atoms with van der Waals surface area (Å²) >= 11 is 0. The lowest BCUT2D eigenvalue weighted by molar-refractivity contribution is -0.133. The molecule has 0 saturated heterocycles. The molecule has 0 fully saturated rings. The van der Waals surface area contributed by atoms with E-state index in [1.54, 1.807) is 4.90 Å². The van der Waals surface area contributed by atoms with E-state index in [1.165, 1.54) is 11.1 Å². The smallest absolute Gasteiger partial charge is 0.260 e. The van der Waals surface area contributed by atoms with Crippen molar-refractivity contribution in [1.82, 2.24) is 4.90 Å². The van der Waals surface area contributed by atoms with Gasteiger partial charge in [-0.1, -0.05) is 36.4 Å². The van der Waals surface area contributed by atoms with Crippen molar-refractivity contribution in [2.45, 2.75) is 20.3 Å². The van der Waals surface area contributed by atoms with Crippen LogP contribution in [-0.2, 0) is 11.2 Å². The van der Waals surface area contributed by atoms with Crippen molar-refractivity contribution in [1.29, 1.82) is 0 Å². The van der Waals surface area contributed by atoms with Gasteiger partial charge in [0.15, 0.2) is 6.61 Å². The summed E-state index contributed by atoms with van der Waals surface area (Å²) in [7, 11) is 0. The molecule has 0 spiro atoms. The minimum Gasteiger partial charge on any atom is -0.484 e. The molecule has 0 aliphatic rings. The Kier molecular flexibility index (Phi) is 6.82. The van der Waals surface area contributed by atoms with Gasteiger partial charge in [0.05, 0.1) is 6.61 Å². The Bertz CT molecular complexity index is 655. The largest absolute Gasteiger partial charge is 0.484 e. The topological polar surface area (TPSA) is 49.8 Å². The van der Waals surface area contributed by atoms with Gasteiger partial charge >= 0.3 is 0 Å². The van der Waals surface area contributed by atoms with E-state index in [9.17, 15) is 9.90 Å². The van der Waals surface area contributed by atoms with Crippen molar-refractivity contribution in [3.05, 3.63) is 65.2 Å². The molecule has 0 aliphatic carbocycles. The zero-order chi connectivity index (χ0) is 17.4. The third kappa shape index (κ3) is 5.39. The average Bonchev–Trinajstić information content (AvgIpc) is 2.60. The summed E-state index contributed by atoms with van der Waals surface area (Å²) in [5.41, 5.74) is 3.50. The highest BCUT2D eigenvalue weighted by Crippen LogP contribution is 2.16. The lowest BCUT2D eigenvalue weighted by Gasteiger charge is -2.22. The fraction of sp³-hybridized carbons (Fsp3) is 0.350. The molecule has 1 N–H and O–H groups in total. The first kappa shape index (κ1) is 18.0. The van der Waals surface area contributed by atoms with Gasteiger partial charge in [-0.2, -0.15) is 0 Å². The number of hydrogen-bond donors (Lipinski definition) is 1. The molecule has 0 saturated carbocycles. The number of aliphatic hydroxyl groups excluding tert-OH is 1. The van der Waals surface area contributed by atoms with Crippen molar-refractivity contribution >= 4 is 5.91 Å². The molecule has 0 radical (unpaired) electrons. The van der Waals surface area contributed by atoms with Crippen LogP contribution in [0.15, 0.2) is 48.5 Å². The molecule has 4 heteroatoms. The molecule has 4 nitrogen and oxygen atoms in total. The van der Waals surface area contributed by atoms with Gasteiger partial charge in [0.25, 0.3) is 5.91 Å². The number of aliphatic hydroxyl groups is 1. The van der Waals surface area contributed by atoms with Crippen molar-refractivity contribution in [2.24, 2.45) is 0 Å². The van der Waals surface area contributed by atoms with Crippen LogP contribution >= 0.6 is 0 Å². The summed E-state index contributed by atoms with van der Waals surface area (Å²) in [5.74, 6) is 0.580. The van der Waals surface area contributed by atoms with Crippen molar-refractivity contribution < 1.29 is 14.6 Å². The number of carbonyl (C=O) groups excluding carboxylic acids is 1. The second-order valence-corrected chi connectivity index (χ2v) is 5.87. The summed E-state index contributed by atoms with van der Waals surface area (Å²) in [5, 5.41) is 9.20. The molecule has 0 unspecified atom stereocenters. The van der Waals surface area contributed by atoms with Gasteiger partial charge in [-0.15, -0.1) is 0 Å². The maximum Gasteiger partial charge on any atom is 0.260 e. The highest BCUT2D eigenvalue weighted by molar-refractivity contribution is 5.77. The second kappa shape index (κ2) is 9.08. The number of rotatable bonds is 8. The normalized spacial score (nSPS) is 10.5. The second-order valence-electron chi connectivity index (χ2n) is 5.87. The first-order valence-electron chi connectivity index (χ1n) is 8.23. The number of amides is 1. The van der Waals surface area contributed by atoms with Gasteiger partial charge in [0.2, 0.25) is 0 Å². The Balaban J connectivity index is 1.89. The van der Waals surface area contributed by atoms with E-state index in [-0.39, 0.29) is 19.1 Å². The molecule has 1 amide bonds. The Morgan fingerprint density at radius 2 is 1.79 bits per heavy atom. The lowest BCUT2D eigenvalue weighted by Crippen LogP contribution is -2.38. The molecule has 0 bridgehead atoms. The summed E-state index contributed by atoms with van der Waals surface area (Å²) in [6.45, 7) is 4.88. The first-order chi connectivity index (χ1) is 11.6. The van der Waals surface area contributed by atoms with Gasteiger partial charge in [0.1, 0.15) is 5.75 Å². The van der Waals surface area contributed by atoms with E-state index in [4.69, 9.17) is 4.74 Å². The van der Waals surface area contributed by atoms with Crippen LogP contribution in [0.3, 0.4) is 0 Å². The van der Waals surface area contributed by atoms with E-state index >= 15 is 0 Å². The monoisotopic (exact) mass is 327 g/mol. The zero-order valence-corrected chi connectivity index (χ0v) is 14.4. The summed E-state index contributed by atoms with van der Waals surface area (Å²) in [6.07, 6.45) is 0.760. The van der Waals surface area contributed by atoms with Crippen molar-refractivity contribution in [3.8, 4) is 5.75 Å². The van der Waals surface area contributed by atoms with Crippen LogP contribution in [0, 0.1) is 13.8 Å². The molecular formula is C20H25NO3. The Labute approximate surface area is 143 Å². The third-order valence-electron chi connectivity index (χ3n) is 4.08. The molecular weight excluding hydrogens is 302 g/mol. The molecule has 2 aromatic carbocycles. The molecule has 0 aromatic heterocycles. The minimum atomic E-state index is -0.113. The molecule has 128 valence electrons. The highest BCUT2D eigenvalue weighted by Gasteiger charge is 2.14. The van der Waals surface area contributed by atoms with Gasteiger partial charge in [0, 0.05) is 13.1 Å². The fourth-order valence-corrected chi connectivity index (χ4v) is 2.43. The Morgan fingerprint density at radius 3 is 2.46 bits per heavy atom. The molecule has 0 aliphatic heterocycles. The predicted molar refractivity (Wildman–Crippen MR) is 95.2 cm³/mol. The van der Waals surface area contributed by atoms with Crippen LogP contribution in [0.1, 0.15) is 16.7 Å². The summed E-state index contributed by atoms with van der Waals surface area (Å²) < 4.78 is 5.61. The van der Waals surface area contributed by atoms with Crippen LogP contribution in [0.25, 0.3) is 0 Å². The van der Waals surface area contributed by atoms with Crippen LogP contribution < -0.4 is 4.74 Å². The standard InChI is InChI=1S/C20H25NO3/c1-16-8-9-19(14-17(16)2)24-15-20(23)21(12-13-22)11-10-18-6-4-3-5-7-18/h3-9,14,22H,10-13,15H2,1-2H3. The van der Waals surface area contributed by atoms with Crippen molar-refractivity contribution in [3.63, 3.8) is 0 Å². The third-order valence-corrected chi connectivity index (χ3v) is 4.08. The van der Waals surface area contributed by atoms with E-state index < -0.39 is 0 Å². The number of benzene rings is 2. The maximum atomic E-state index is 12.4. The molecule has 2 aromatic rings. The van der Waals surface area contributed by atoms with E-state index in [0.717, 1.165) is 12.0 Å². The summed E-state index contributed by atoms with van der Waals surface area (Å²) in [4.78, 5) is 14.0. The van der Waals surface area contributed by atoms with Gasteiger partial charge in [-0.3, -0.25) is 4.79 Å². The SMILES string of the molecule is Cc1ccc(OCC(=O)N(CCO)CCc2ccccc2)cc1C. The predicted octanol–water partition coefficient (Wildman–Crippen LogP) is 2.75.